The monoisotopic (exact) mass is 358 g/mol. The number of nitrogens with one attached hydrogen (secondary N) is 1. The van der Waals surface area contributed by atoms with Gasteiger partial charge in [-0.15, -0.1) is 11.3 Å². The molecule has 1 aliphatic carbocycles. The van der Waals surface area contributed by atoms with Crippen molar-refractivity contribution in [2.45, 2.75) is 5.92 Å². The molecule has 23 heavy (non-hydrogen) atoms. The molecule has 1 aliphatic heterocycles. The smallest absolute Gasteiger partial charge is 0.203 e. The highest BCUT2D eigenvalue weighted by Crippen LogP contribution is 2.54. The van der Waals surface area contributed by atoms with Crippen LogP contribution in [0, 0.1) is 56.7 Å². The van der Waals surface area contributed by atoms with E-state index < -0.39 is 11.3 Å². The highest BCUT2D eigenvalue weighted by Gasteiger charge is 2.56. The quantitative estimate of drug-likeness (QED) is 0.768. The molecular formula is C16H11ClN4S2. The summed E-state index contributed by atoms with van der Waals surface area (Å²) in [4.78, 5) is 0.939. The Hall–Kier alpha value is -1.78. The average Bonchev–Trinajstić information content (AvgIpc) is 3.00. The maximum absolute atomic E-state index is 9.65. The van der Waals surface area contributed by atoms with E-state index in [2.05, 4.69) is 6.07 Å². The van der Waals surface area contributed by atoms with Gasteiger partial charge in [0, 0.05) is 28.2 Å². The van der Waals surface area contributed by atoms with Crippen molar-refractivity contribution in [3.8, 4) is 18.2 Å². The van der Waals surface area contributed by atoms with E-state index >= 15 is 0 Å². The molecule has 0 radical (unpaired) electrons. The zero-order chi connectivity index (χ0) is 16.6. The van der Waals surface area contributed by atoms with Crippen LogP contribution in [-0.2, 0) is 0 Å². The number of nitriles is 3. The summed E-state index contributed by atoms with van der Waals surface area (Å²) in [5, 5.41) is 37.3. The van der Waals surface area contributed by atoms with Crippen LogP contribution in [-0.4, -0.2) is 17.2 Å². The number of allylic oxidation sites excluding steroid dienone is 1. The number of hydrogen-bond acceptors (Lipinski definition) is 6. The first-order chi connectivity index (χ1) is 11.1. The van der Waals surface area contributed by atoms with E-state index in [9.17, 15) is 15.8 Å². The molecular weight excluding hydrogens is 348 g/mol. The van der Waals surface area contributed by atoms with E-state index in [-0.39, 0.29) is 17.5 Å². The van der Waals surface area contributed by atoms with Gasteiger partial charge in [0.2, 0.25) is 5.41 Å². The van der Waals surface area contributed by atoms with E-state index in [1.807, 2.05) is 24.3 Å². The van der Waals surface area contributed by atoms with Gasteiger partial charge in [-0.1, -0.05) is 17.7 Å². The van der Waals surface area contributed by atoms with Crippen LogP contribution >= 0.6 is 34.7 Å². The molecule has 1 N–H and O–H groups in total. The van der Waals surface area contributed by atoms with Crippen LogP contribution in [0.3, 0.4) is 0 Å². The number of thioether (sulfide) groups is 1. The van der Waals surface area contributed by atoms with Crippen LogP contribution < -0.4 is 0 Å². The molecule has 1 unspecified atom stereocenters. The Morgan fingerprint density at radius 1 is 1.26 bits per heavy atom. The van der Waals surface area contributed by atoms with Crippen molar-refractivity contribution in [1.29, 1.82) is 21.2 Å². The molecule has 1 aromatic heterocycles. The lowest BCUT2D eigenvalue weighted by molar-refractivity contribution is 0.417. The van der Waals surface area contributed by atoms with E-state index in [0.29, 0.717) is 9.91 Å². The number of rotatable bonds is 1. The summed E-state index contributed by atoms with van der Waals surface area (Å²) < 4.78 is 0.634. The van der Waals surface area contributed by atoms with Crippen molar-refractivity contribution >= 4 is 40.4 Å². The molecule has 1 saturated carbocycles. The summed E-state index contributed by atoms with van der Waals surface area (Å²) in [5.74, 6) is 0.354. The minimum Gasteiger partial charge on any atom is -0.305 e. The summed E-state index contributed by atoms with van der Waals surface area (Å²) in [6.07, 6.45) is 1.90. The molecule has 0 bridgehead atoms. The van der Waals surface area contributed by atoms with Crippen molar-refractivity contribution < 1.29 is 0 Å². The van der Waals surface area contributed by atoms with Gasteiger partial charge >= 0.3 is 0 Å². The summed E-state index contributed by atoms with van der Waals surface area (Å²) in [6, 6.07) is 9.88. The molecule has 0 amide bonds. The van der Waals surface area contributed by atoms with Crippen LogP contribution in [0.4, 0.5) is 0 Å². The Balaban J connectivity index is 2.21. The number of fused-ring (bicyclic) bond motifs is 1. The molecule has 3 atom stereocenters. The molecule has 114 valence electrons. The van der Waals surface area contributed by atoms with E-state index in [1.54, 1.807) is 17.8 Å². The topological polar surface area (TPSA) is 95.2 Å². The minimum atomic E-state index is -1.61. The Kier molecular flexibility index (Phi) is 4.21. The lowest BCUT2D eigenvalue weighted by Crippen LogP contribution is -2.48. The lowest BCUT2D eigenvalue weighted by atomic mass is 9.57. The van der Waals surface area contributed by atoms with Crippen molar-refractivity contribution in [2.24, 2.45) is 17.3 Å². The highest BCUT2D eigenvalue weighted by atomic mass is 35.5. The second kappa shape index (κ2) is 6.02. The molecule has 0 saturated heterocycles. The first kappa shape index (κ1) is 16.1. The Morgan fingerprint density at radius 2 is 2.00 bits per heavy atom. The Morgan fingerprint density at radius 3 is 2.57 bits per heavy atom. The fraction of sp³-hybridized carbons (Fsp3) is 0.375. The molecule has 0 aromatic carbocycles. The Labute approximate surface area is 147 Å². The number of thiophene rings is 1. The van der Waals surface area contributed by atoms with Gasteiger partial charge in [-0.3, -0.25) is 0 Å². The maximum atomic E-state index is 9.65. The number of nitrogens with zero attached hydrogens (tertiary/aromatic N) is 3. The summed E-state index contributed by atoms with van der Waals surface area (Å²) >= 11 is 9.17. The van der Waals surface area contributed by atoms with Crippen molar-refractivity contribution in [1.82, 2.24) is 0 Å². The molecule has 3 rings (SSSR count). The highest BCUT2D eigenvalue weighted by molar-refractivity contribution is 7.99. The maximum Gasteiger partial charge on any atom is 0.203 e. The number of hydrogen-bond donors (Lipinski definition) is 1. The second-order valence-electron chi connectivity index (χ2n) is 5.47. The van der Waals surface area contributed by atoms with Gasteiger partial charge in [-0.2, -0.15) is 27.5 Å². The van der Waals surface area contributed by atoms with Gasteiger partial charge < -0.3 is 5.41 Å². The number of halogens is 1. The van der Waals surface area contributed by atoms with Gasteiger partial charge in [-0.25, -0.2) is 0 Å². The summed E-state index contributed by atoms with van der Waals surface area (Å²) in [7, 11) is 0. The van der Waals surface area contributed by atoms with E-state index in [4.69, 9.17) is 17.0 Å². The molecule has 0 spiro atoms. The van der Waals surface area contributed by atoms with Crippen molar-refractivity contribution in [2.75, 3.05) is 11.5 Å². The molecule has 1 fully saturated rings. The lowest BCUT2D eigenvalue weighted by Gasteiger charge is -2.44. The van der Waals surface area contributed by atoms with Crippen molar-refractivity contribution in [3.63, 3.8) is 0 Å². The molecule has 1 aromatic rings. The largest absolute Gasteiger partial charge is 0.305 e. The minimum absolute atomic E-state index is 0.0958. The van der Waals surface area contributed by atoms with Gasteiger partial charge in [-0.05, 0) is 17.7 Å². The normalized spacial score (nSPS) is 28.7. The molecule has 2 aliphatic rings. The van der Waals surface area contributed by atoms with Gasteiger partial charge in [0.1, 0.15) is 0 Å². The van der Waals surface area contributed by atoms with Gasteiger partial charge in [0.25, 0.3) is 0 Å². The third-order valence-corrected chi connectivity index (χ3v) is 6.79. The first-order valence-electron chi connectivity index (χ1n) is 6.93. The van der Waals surface area contributed by atoms with Crippen LogP contribution in [0.25, 0.3) is 0 Å². The standard InChI is InChI=1S/C16H11ClN4S2/c17-13-2-1-12(23-13)14-9(5-18)15(21)16(7-19,8-20)11-3-4-22-6-10(11)14/h1-3,9-10,14,21H,4,6H2/t9?,10-,14+/m1/s1. The van der Waals surface area contributed by atoms with Crippen LogP contribution in [0.5, 0.6) is 0 Å². The van der Waals surface area contributed by atoms with Crippen LogP contribution in [0.15, 0.2) is 23.8 Å². The predicted molar refractivity (Wildman–Crippen MR) is 91.5 cm³/mol. The van der Waals surface area contributed by atoms with Gasteiger partial charge in [0.15, 0.2) is 0 Å². The fourth-order valence-electron chi connectivity index (χ4n) is 3.40. The second-order valence-corrected chi connectivity index (χ2v) is 8.29. The van der Waals surface area contributed by atoms with Crippen LogP contribution in [0.1, 0.15) is 10.8 Å². The van der Waals surface area contributed by atoms with Crippen LogP contribution in [0.2, 0.25) is 4.34 Å². The van der Waals surface area contributed by atoms with E-state index in [1.165, 1.54) is 11.3 Å². The molecule has 7 heteroatoms. The third-order valence-electron chi connectivity index (χ3n) is 4.46. The SMILES string of the molecule is N#CC1C(=N)C(C#N)(C#N)C2=CCSC[C@H]2[C@H]1c1ccc(Cl)s1. The Bertz CT molecular complexity index is 806. The molecule has 2 heterocycles. The van der Waals surface area contributed by atoms with E-state index in [0.717, 1.165) is 16.4 Å². The summed E-state index contributed by atoms with van der Waals surface area (Å²) in [6.45, 7) is 0. The van der Waals surface area contributed by atoms with Gasteiger partial charge in [0.05, 0.1) is 34.2 Å². The third kappa shape index (κ3) is 2.28. The zero-order valence-electron chi connectivity index (χ0n) is 11.9. The van der Waals surface area contributed by atoms with Crippen molar-refractivity contribution in [3.05, 3.63) is 33.0 Å². The molecule has 4 nitrogen and oxygen atoms in total. The summed E-state index contributed by atoms with van der Waals surface area (Å²) in [5.41, 5.74) is -1.02. The first-order valence-corrected chi connectivity index (χ1v) is 9.28. The fourth-order valence-corrected chi connectivity index (χ4v) is 5.74. The zero-order valence-corrected chi connectivity index (χ0v) is 14.3. The average molecular weight is 359 g/mol. The predicted octanol–water partition coefficient (Wildman–Crippen LogP) is 3.98.